The Kier molecular flexibility index (Phi) is 3.94. The standard InChI is InChI=1S/C13H17N3O2/c1-9-3-5-10(6-4-9)11-12(17)16-13(15-11)14-7-8-18-2/h3-6,11H,7-8H2,1-2H3,(H2,14,15,16,17). The van der Waals surface area contributed by atoms with Crippen LogP contribution >= 0.6 is 0 Å². The number of benzene rings is 1. The van der Waals surface area contributed by atoms with Crippen molar-refractivity contribution in [1.29, 1.82) is 0 Å². The van der Waals surface area contributed by atoms with Crippen molar-refractivity contribution in [1.82, 2.24) is 10.6 Å². The van der Waals surface area contributed by atoms with E-state index in [0.29, 0.717) is 19.1 Å². The van der Waals surface area contributed by atoms with Gasteiger partial charge in [-0.05, 0) is 12.5 Å². The van der Waals surface area contributed by atoms with Crippen LogP contribution in [0.1, 0.15) is 17.2 Å². The maximum Gasteiger partial charge on any atom is 0.253 e. The van der Waals surface area contributed by atoms with Crippen LogP contribution in [0.25, 0.3) is 0 Å². The maximum atomic E-state index is 11.8. The van der Waals surface area contributed by atoms with Crippen LogP contribution in [-0.2, 0) is 9.53 Å². The Balaban J connectivity index is 2.05. The van der Waals surface area contributed by atoms with Gasteiger partial charge in [-0.25, -0.2) is 0 Å². The van der Waals surface area contributed by atoms with Crippen molar-refractivity contribution in [2.45, 2.75) is 13.0 Å². The summed E-state index contributed by atoms with van der Waals surface area (Å²) in [4.78, 5) is 16.0. The number of guanidine groups is 1. The van der Waals surface area contributed by atoms with Gasteiger partial charge in [-0.1, -0.05) is 29.8 Å². The molecule has 1 unspecified atom stereocenters. The molecule has 1 aromatic carbocycles. The summed E-state index contributed by atoms with van der Waals surface area (Å²) in [5, 5.41) is 5.79. The van der Waals surface area contributed by atoms with Gasteiger partial charge in [0.15, 0.2) is 5.96 Å². The first-order valence-corrected chi connectivity index (χ1v) is 5.88. The smallest absolute Gasteiger partial charge is 0.253 e. The quantitative estimate of drug-likeness (QED) is 0.772. The molecule has 5 heteroatoms. The first-order valence-electron chi connectivity index (χ1n) is 5.88. The van der Waals surface area contributed by atoms with Gasteiger partial charge in [0.1, 0.15) is 6.04 Å². The molecule has 0 aromatic heterocycles. The molecule has 1 aromatic rings. The lowest BCUT2D eigenvalue weighted by Gasteiger charge is -2.08. The Hall–Kier alpha value is -1.88. The molecule has 1 fully saturated rings. The van der Waals surface area contributed by atoms with E-state index >= 15 is 0 Å². The third-order valence-corrected chi connectivity index (χ3v) is 2.76. The van der Waals surface area contributed by atoms with E-state index in [1.807, 2.05) is 31.2 Å². The summed E-state index contributed by atoms with van der Waals surface area (Å²) in [5.74, 6) is 0.442. The van der Waals surface area contributed by atoms with E-state index in [-0.39, 0.29) is 11.9 Å². The van der Waals surface area contributed by atoms with E-state index in [0.717, 1.165) is 5.56 Å². The van der Waals surface area contributed by atoms with Gasteiger partial charge >= 0.3 is 0 Å². The molecule has 0 saturated carbocycles. The minimum Gasteiger partial charge on any atom is -0.383 e. The monoisotopic (exact) mass is 247 g/mol. The first kappa shape index (κ1) is 12.6. The zero-order valence-electron chi connectivity index (χ0n) is 10.6. The lowest BCUT2D eigenvalue weighted by atomic mass is 10.1. The van der Waals surface area contributed by atoms with E-state index < -0.39 is 0 Å². The predicted molar refractivity (Wildman–Crippen MR) is 69.4 cm³/mol. The number of nitrogens with one attached hydrogen (secondary N) is 2. The van der Waals surface area contributed by atoms with Crippen molar-refractivity contribution in [3.63, 3.8) is 0 Å². The second-order valence-corrected chi connectivity index (χ2v) is 4.20. The molecule has 2 rings (SSSR count). The molecule has 2 N–H and O–H groups in total. The second-order valence-electron chi connectivity index (χ2n) is 4.20. The molecule has 0 radical (unpaired) electrons. The lowest BCUT2D eigenvalue weighted by Crippen LogP contribution is -2.26. The fourth-order valence-corrected chi connectivity index (χ4v) is 1.75. The molecule has 1 amide bonds. The summed E-state index contributed by atoms with van der Waals surface area (Å²) in [6, 6.07) is 7.52. The molecule has 5 nitrogen and oxygen atoms in total. The SMILES string of the molecule is COCCN=C1NC(=O)C(c2ccc(C)cc2)N1. The van der Waals surface area contributed by atoms with Crippen LogP contribution < -0.4 is 10.6 Å². The topological polar surface area (TPSA) is 62.7 Å². The van der Waals surface area contributed by atoms with Crippen molar-refractivity contribution in [3.05, 3.63) is 35.4 Å². The molecule has 18 heavy (non-hydrogen) atoms. The number of hydrogen-bond donors (Lipinski definition) is 2. The molecular weight excluding hydrogens is 230 g/mol. The number of carbonyl (C=O) groups excluding carboxylic acids is 1. The van der Waals surface area contributed by atoms with Crippen molar-refractivity contribution in [2.24, 2.45) is 4.99 Å². The summed E-state index contributed by atoms with van der Waals surface area (Å²) in [6.45, 7) is 3.08. The highest BCUT2D eigenvalue weighted by Crippen LogP contribution is 2.16. The highest BCUT2D eigenvalue weighted by Gasteiger charge is 2.29. The Bertz CT molecular complexity index is 454. The molecular formula is C13H17N3O2. The van der Waals surface area contributed by atoms with Crippen LogP contribution in [0.15, 0.2) is 29.3 Å². The Labute approximate surface area is 106 Å². The highest BCUT2D eigenvalue weighted by molar-refractivity contribution is 6.06. The molecule has 96 valence electrons. The summed E-state index contributed by atoms with van der Waals surface area (Å²) in [5.41, 5.74) is 2.11. The number of methoxy groups -OCH3 is 1. The van der Waals surface area contributed by atoms with Gasteiger partial charge in [0.25, 0.3) is 5.91 Å². The average Bonchev–Trinajstić information content (AvgIpc) is 2.72. The number of aliphatic imine (C=N–C) groups is 1. The molecule has 0 spiro atoms. The average molecular weight is 247 g/mol. The minimum atomic E-state index is -0.355. The normalized spacial score (nSPS) is 20.9. The zero-order valence-corrected chi connectivity index (χ0v) is 10.6. The van der Waals surface area contributed by atoms with Gasteiger partial charge in [0.2, 0.25) is 0 Å². The van der Waals surface area contributed by atoms with E-state index in [4.69, 9.17) is 4.74 Å². The van der Waals surface area contributed by atoms with Gasteiger partial charge in [-0.3, -0.25) is 15.1 Å². The fourth-order valence-electron chi connectivity index (χ4n) is 1.75. The maximum absolute atomic E-state index is 11.8. The number of ether oxygens (including phenoxy) is 1. The lowest BCUT2D eigenvalue weighted by molar-refractivity contribution is -0.120. The number of amides is 1. The van der Waals surface area contributed by atoms with Gasteiger partial charge in [-0.15, -0.1) is 0 Å². The molecule has 1 saturated heterocycles. The van der Waals surface area contributed by atoms with E-state index in [1.54, 1.807) is 7.11 Å². The van der Waals surface area contributed by atoms with Gasteiger partial charge < -0.3 is 10.1 Å². The van der Waals surface area contributed by atoms with E-state index in [9.17, 15) is 4.79 Å². The first-order chi connectivity index (χ1) is 8.70. The summed E-state index contributed by atoms with van der Waals surface area (Å²) >= 11 is 0. The third-order valence-electron chi connectivity index (χ3n) is 2.76. The summed E-state index contributed by atoms with van der Waals surface area (Å²) < 4.78 is 4.91. The van der Waals surface area contributed by atoms with E-state index in [2.05, 4.69) is 15.6 Å². The summed E-state index contributed by atoms with van der Waals surface area (Å²) in [6.07, 6.45) is 0. The molecule has 0 bridgehead atoms. The van der Waals surface area contributed by atoms with Crippen molar-refractivity contribution in [2.75, 3.05) is 20.3 Å². The van der Waals surface area contributed by atoms with Crippen LogP contribution in [-0.4, -0.2) is 32.1 Å². The molecule has 1 heterocycles. The Morgan fingerprint density at radius 2 is 2.06 bits per heavy atom. The number of nitrogens with zero attached hydrogens (tertiary/aromatic N) is 1. The fraction of sp³-hybridized carbons (Fsp3) is 0.385. The predicted octanol–water partition coefficient (Wildman–Crippen LogP) is 0.758. The van der Waals surface area contributed by atoms with Crippen LogP contribution in [0.4, 0.5) is 0 Å². The Morgan fingerprint density at radius 3 is 2.72 bits per heavy atom. The highest BCUT2D eigenvalue weighted by atomic mass is 16.5. The van der Waals surface area contributed by atoms with Gasteiger partial charge in [0.05, 0.1) is 13.2 Å². The number of carbonyl (C=O) groups is 1. The van der Waals surface area contributed by atoms with Crippen molar-refractivity contribution < 1.29 is 9.53 Å². The largest absolute Gasteiger partial charge is 0.383 e. The van der Waals surface area contributed by atoms with Crippen LogP contribution in [0.5, 0.6) is 0 Å². The van der Waals surface area contributed by atoms with Crippen LogP contribution in [0.3, 0.4) is 0 Å². The number of hydrogen-bond acceptors (Lipinski definition) is 3. The Morgan fingerprint density at radius 1 is 1.33 bits per heavy atom. The zero-order chi connectivity index (χ0) is 13.0. The molecule has 0 aliphatic carbocycles. The third kappa shape index (κ3) is 2.87. The molecule has 1 aliphatic heterocycles. The molecule has 1 atom stereocenters. The van der Waals surface area contributed by atoms with Crippen LogP contribution in [0.2, 0.25) is 0 Å². The number of rotatable bonds is 4. The van der Waals surface area contributed by atoms with Gasteiger partial charge in [-0.2, -0.15) is 0 Å². The van der Waals surface area contributed by atoms with Gasteiger partial charge in [0, 0.05) is 7.11 Å². The molecule has 1 aliphatic rings. The van der Waals surface area contributed by atoms with Crippen molar-refractivity contribution >= 4 is 11.9 Å². The van der Waals surface area contributed by atoms with Crippen LogP contribution in [0, 0.1) is 6.92 Å². The second kappa shape index (κ2) is 5.64. The number of aryl methyl sites for hydroxylation is 1. The van der Waals surface area contributed by atoms with E-state index in [1.165, 1.54) is 5.56 Å². The minimum absolute atomic E-state index is 0.0741. The van der Waals surface area contributed by atoms with Crippen molar-refractivity contribution in [3.8, 4) is 0 Å². The summed E-state index contributed by atoms with van der Waals surface area (Å²) in [7, 11) is 1.62.